The van der Waals surface area contributed by atoms with Crippen molar-refractivity contribution in [1.29, 1.82) is 0 Å². The van der Waals surface area contributed by atoms with Crippen LogP contribution in [0.25, 0.3) is 0 Å². The lowest BCUT2D eigenvalue weighted by Gasteiger charge is -2.18. The molecule has 86 valence electrons. The van der Waals surface area contributed by atoms with Crippen LogP contribution in [0, 0.1) is 0 Å². The summed E-state index contributed by atoms with van der Waals surface area (Å²) in [5.41, 5.74) is 6.44. The van der Waals surface area contributed by atoms with Gasteiger partial charge in [-0.25, -0.2) is 0 Å². The van der Waals surface area contributed by atoms with Gasteiger partial charge < -0.3 is 15.7 Å². The molecule has 0 spiro atoms. The summed E-state index contributed by atoms with van der Waals surface area (Å²) in [6, 6.07) is 6.48. The molecule has 0 atom stereocenters. The molecule has 3 N–H and O–H groups in total. The van der Waals surface area contributed by atoms with Gasteiger partial charge in [0.2, 0.25) is 0 Å². The second-order valence-corrected chi connectivity index (χ2v) is 3.34. The number of anilines is 1. The van der Waals surface area contributed by atoms with E-state index in [1.165, 1.54) is 11.0 Å². The van der Waals surface area contributed by atoms with Crippen LogP contribution in [0.1, 0.15) is 17.3 Å². The van der Waals surface area contributed by atoms with Crippen LogP contribution in [0.15, 0.2) is 24.3 Å². The standard InChI is InChI=1S/C11H14N2O3/c1-2-13(7-10(14)15)11(16)8-4-3-5-9(12)6-8/h3-6H,2,7,12H2,1H3,(H,14,15). The van der Waals surface area contributed by atoms with Crippen molar-refractivity contribution in [1.82, 2.24) is 4.90 Å². The van der Waals surface area contributed by atoms with Crippen molar-refractivity contribution in [3.05, 3.63) is 29.8 Å². The third-order valence-corrected chi connectivity index (χ3v) is 2.13. The molecule has 0 aliphatic rings. The molecule has 0 unspecified atom stereocenters. The van der Waals surface area contributed by atoms with Crippen molar-refractivity contribution in [3.8, 4) is 0 Å². The van der Waals surface area contributed by atoms with Crippen molar-refractivity contribution < 1.29 is 14.7 Å². The Hall–Kier alpha value is -2.04. The highest BCUT2D eigenvalue weighted by Crippen LogP contribution is 2.09. The van der Waals surface area contributed by atoms with Gasteiger partial charge in [0.15, 0.2) is 0 Å². The number of carboxylic acid groups (broad SMARTS) is 1. The molecular formula is C11H14N2O3. The Labute approximate surface area is 93.5 Å². The highest BCUT2D eigenvalue weighted by Gasteiger charge is 2.16. The summed E-state index contributed by atoms with van der Waals surface area (Å²) in [6.07, 6.45) is 0. The number of amides is 1. The zero-order valence-corrected chi connectivity index (χ0v) is 9.01. The van der Waals surface area contributed by atoms with Crippen molar-refractivity contribution in [2.24, 2.45) is 0 Å². The number of hydrogen-bond donors (Lipinski definition) is 2. The summed E-state index contributed by atoms with van der Waals surface area (Å²) < 4.78 is 0. The lowest BCUT2D eigenvalue weighted by atomic mass is 10.2. The largest absolute Gasteiger partial charge is 0.480 e. The number of aliphatic carboxylic acids is 1. The summed E-state index contributed by atoms with van der Waals surface area (Å²) in [4.78, 5) is 23.7. The molecule has 0 aliphatic heterocycles. The Morgan fingerprint density at radius 1 is 1.44 bits per heavy atom. The average molecular weight is 222 g/mol. The molecule has 1 rings (SSSR count). The summed E-state index contributed by atoms with van der Waals surface area (Å²) in [6.45, 7) is 1.78. The van der Waals surface area contributed by atoms with E-state index in [2.05, 4.69) is 0 Å². The highest BCUT2D eigenvalue weighted by atomic mass is 16.4. The van der Waals surface area contributed by atoms with E-state index in [1.54, 1.807) is 25.1 Å². The Morgan fingerprint density at radius 3 is 2.62 bits per heavy atom. The lowest BCUT2D eigenvalue weighted by Crippen LogP contribution is -2.35. The zero-order chi connectivity index (χ0) is 12.1. The SMILES string of the molecule is CCN(CC(=O)O)C(=O)c1cccc(N)c1. The smallest absolute Gasteiger partial charge is 0.323 e. The average Bonchev–Trinajstić information content (AvgIpc) is 2.24. The molecule has 0 aromatic heterocycles. The maximum Gasteiger partial charge on any atom is 0.323 e. The van der Waals surface area contributed by atoms with Crippen LogP contribution in [0.4, 0.5) is 5.69 Å². The summed E-state index contributed by atoms with van der Waals surface area (Å²) in [7, 11) is 0. The summed E-state index contributed by atoms with van der Waals surface area (Å²) in [5.74, 6) is -1.35. The van der Waals surface area contributed by atoms with Crippen LogP contribution in [0.2, 0.25) is 0 Å². The summed E-state index contributed by atoms with van der Waals surface area (Å²) >= 11 is 0. The van der Waals surface area contributed by atoms with Crippen molar-refractivity contribution >= 4 is 17.6 Å². The van der Waals surface area contributed by atoms with E-state index in [1.807, 2.05) is 0 Å². The Morgan fingerprint density at radius 2 is 2.12 bits per heavy atom. The molecule has 16 heavy (non-hydrogen) atoms. The third-order valence-electron chi connectivity index (χ3n) is 2.13. The van der Waals surface area contributed by atoms with Crippen LogP contribution in [0.5, 0.6) is 0 Å². The molecular weight excluding hydrogens is 208 g/mol. The number of hydrogen-bond acceptors (Lipinski definition) is 3. The predicted molar refractivity (Wildman–Crippen MR) is 60.1 cm³/mol. The normalized spacial score (nSPS) is 9.81. The first-order valence-electron chi connectivity index (χ1n) is 4.91. The fourth-order valence-electron chi connectivity index (χ4n) is 1.34. The number of carbonyl (C=O) groups is 2. The van der Waals surface area contributed by atoms with Gasteiger partial charge in [0.1, 0.15) is 6.54 Å². The highest BCUT2D eigenvalue weighted by molar-refractivity contribution is 5.96. The minimum atomic E-state index is -1.03. The van der Waals surface area contributed by atoms with Crippen LogP contribution < -0.4 is 5.73 Å². The first kappa shape index (κ1) is 12.0. The number of nitrogens with two attached hydrogens (primary N) is 1. The van der Waals surface area contributed by atoms with E-state index in [4.69, 9.17) is 10.8 Å². The van der Waals surface area contributed by atoms with E-state index in [0.29, 0.717) is 17.8 Å². The first-order chi connectivity index (χ1) is 7.54. The van der Waals surface area contributed by atoms with Crippen molar-refractivity contribution in [2.45, 2.75) is 6.92 Å². The van der Waals surface area contributed by atoms with Crippen LogP contribution in [0.3, 0.4) is 0 Å². The van der Waals surface area contributed by atoms with Gasteiger partial charge in [-0.1, -0.05) is 6.07 Å². The van der Waals surface area contributed by atoms with E-state index in [9.17, 15) is 9.59 Å². The fourth-order valence-corrected chi connectivity index (χ4v) is 1.34. The number of likely N-dealkylation sites (N-methyl/N-ethyl adjacent to an activating group) is 1. The zero-order valence-electron chi connectivity index (χ0n) is 9.01. The van der Waals surface area contributed by atoms with Gasteiger partial charge >= 0.3 is 5.97 Å². The van der Waals surface area contributed by atoms with Gasteiger partial charge in [0.25, 0.3) is 5.91 Å². The molecule has 1 amide bonds. The molecule has 5 heteroatoms. The number of benzene rings is 1. The molecule has 0 aliphatic carbocycles. The van der Waals surface area contributed by atoms with Crippen LogP contribution in [-0.2, 0) is 4.79 Å². The Kier molecular flexibility index (Phi) is 3.88. The second-order valence-electron chi connectivity index (χ2n) is 3.34. The predicted octanol–water partition coefficient (Wildman–Crippen LogP) is 0.815. The molecule has 0 saturated carbocycles. The van der Waals surface area contributed by atoms with E-state index in [0.717, 1.165) is 0 Å². The van der Waals surface area contributed by atoms with Gasteiger partial charge in [0, 0.05) is 17.8 Å². The number of carboxylic acids is 1. The molecule has 0 saturated heterocycles. The van der Waals surface area contributed by atoms with Gasteiger partial charge in [-0.15, -0.1) is 0 Å². The van der Waals surface area contributed by atoms with Gasteiger partial charge in [-0.05, 0) is 25.1 Å². The maximum absolute atomic E-state index is 11.9. The quantitative estimate of drug-likeness (QED) is 0.738. The van der Waals surface area contributed by atoms with Crippen LogP contribution in [-0.4, -0.2) is 35.0 Å². The Bertz CT molecular complexity index is 404. The maximum atomic E-state index is 11.9. The number of nitrogen functional groups attached to an aromatic ring is 1. The number of rotatable bonds is 4. The molecule has 0 fully saturated rings. The van der Waals surface area contributed by atoms with Gasteiger partial charge in [-0.3, -0.25) is 9.59 Å². The van der Waals surface area contributed by atoms with E-state index < -0.39 is 5.97 Å². The number of carbonyl (C=O) groups excluding carboxylic acids is 1. The molecule has 1 aromatic carbocycles. The molecule has 0 bridgehead atoms. The van der Waals surface area contributed by atoms with Gasteiger partial charge in [-0.2, -0.15) is 0 Å². The van der Waals surface area contributed by atoms with Crippen LogP contribution >= 0.6 is 0 Å². The monoisotopic (exact) mass is 222 g/mol. The molecule has 5 nitrogen and oxygen atoms in total. The second kappa shape index (κ2) is 5.16. The number of nitrogens with zero attached hydrogens (tertiary/aromatic N) is 1. The summed E-state index contributed by atoms with van der Waals surface area (Å²) in [5, 5.41) is 8.65. The van der Waals surface area contributed by atoms with Gasteiger partial charge in [0.05, 0.1) is 0 Å². The van der Waals surface area contributed by atoms with E-state index >= 15 is 0 Å². The van der Waals surface area contributed by atoms with E-state index in [-0.39, 0.29) is 12.5 Å². The fraction of sp³-hybridized carbons (Fsp3) is 0.273. The first-order valence-corrected chi connectivity index (χ1v) is 4.91. The minimum absolute atomic E-state index is 0.301. The Balaban J connectivity index is 2.86. The molecule has 0 heterocycles. The third kappa shape index (κ3) is 2.98. The van der Waals surface area contributed by atoms with Crippen molar-refractivity contribution in [3.63, 3.8) is 0 Å². The minimum Gasteiger partial charge on any atom is -0.480 e. The molecule has 0 radical (unpaired) electrons. The van der Waals surface area contributed by atoms with Crippen molar-refractivity contribution in [2.75, 3.05) is 18.8 Å². The topological polar surface area (TPSA) is 83.6 Å². The lowest BCUT2D eigenvalue weighted by molar-refractivity contribution is -0.137. The molecule has 1 aromatic rings.